The Morgan fingerprint density at radius 3 is 1.50 bits per heavy atom. The lowest BCUT2D eigenvalue weighted by Gasteiger charge is -2.34. The lowest BCUT2D eigenvalue weighted by Crippen LogP contribution is -2.39. The van der Waals surface area contributed by atoms with Crippen LogP contribution in [-0.2, 0) is 4.43 Å². The van der Waals surface area contributed by atoms with Gasteiger partial charge in [0.2, 0.25) is 0 Å². The van der Waals surface area contributed by atoms with E-state index in [0.717, 1.165) is 0 Å². The zero-order valence-electron chi connectivity index (χ0n) is 18.6. The highest BCUT2D eigenvalue weighted by molar-refractivity contribution is 6.71. The summed E-state index contributed by atoms with van der Waals surface area (Å²) in [6.45, 7) is 7.09. The van der Waals surface area contributed by atoms with Crippen molar-refractivity contribution in [1.82, 2.24) is 0 Å². The third kappa shape index (κ3) is 14.3. The molecule has 1 atom stereocenters. The molecule has 1 fully saturated rings. The third-order valence-corrected chi connectivity index (χ3v) is 8.70. The third-order valence-electron chi connectivity index (χ3n) is 6.17. The predicted molar refractivity (Wildman–Crippen MR) is 121 cm³/mol. The van der Waals surface area contributed by atoms with Gasteiger partial charge in [-0.15, -0.1) is 0 Å². The first-order chi connectivity index (χ1) is 12.6. The molecule has 1 rings (SSSR count). The van der Waals surface area contributed by atoms with Gasteiger partial charge in [0, 0.05) is 6.10 Å². The van der Waals surface area contributed by atoms with E-state index in [1.165, 1.54) is 128 Å². The Hall–Kier alpha value is 0.177. The number of hydrogen-bond donors (Lipinski definition) is 0. The second-order valence-corrected chi connectivity index (χ2v) is 13.7. The van der Waals surface area contributed by atoms with E-state index >= 15 is 0 Å². The standard InChI is InChI=1S/C24H50OSi/c1-4-5-6-7-8-9-10-11-12-13-14-15-16-17-18-19-21-24-22-20-23-26(2,3)25-24/h24H,4-23H2,1-3H3. The molecule has 1 saturated heterocycles. The molecular formula is C24H50OSi. The van der Waals surface area contributed by atoms with Crippen LogP contribution in [0.5, 0.6) is 0 Å². The minimum atomic E-state index is -1.26. The van der Waals surface area contributed by atoms with Crippen LogP contribution in [-0.4, -0.2) is 14.4 Å². The lowest BCUT2D eigenvalue weighted by atomic mass is 10.0. The van der Waals surface area contributed by atoms with Crippen molar-refractivity contribution in [2.45, 2.75) is 154 Å². The van der Waals surface area contributed by atoms with Gasteiger partial charge in [-0.1, -0.05) is 116 Å². The quantitative estimate of drug-likeness (QED) is 0.180. The Morgan fingerprint density at radius 1 is 0.654 bits per heavy atom. The summed E-state index contributed by atoms with van der Waals surface area (Å²) in [7, 11) is -1.26. The van der Waals surface area contributed by atoms with Crippen LogP contribution in [0.1, 0.15) is 129 Å². The Morgan fingerprint density at radius 2 is 1.08 bits per heavy atom. The minimum Gasteiger partial charge on any atom is -0.414 e. The topological polar surface area (TPSA) is 9.23 Å². The van der Waals surface area contributed by atoms with Gasteiger partial charge in [0.15, 0.2) is 8.32 Å². The van der Waals surface area contributed by atoms with Gasteiger partial charge >= 0.3 is 0 Å². The number of hydrogen-bond acceptors (Lipinski definition) is 1. The summed E-state index contributed by atoms with van der Waals surface area (Å²) in [5.74, 6) is 0. The van der Waals surface area contributed by atoms with Crippen molar-refractivity contribution in [2.24, 2.45) is 0 Å². The normalized spacial score (nSPS) is 19.7. The van der Waals surface area contributed by atoms with E-state index in [-0.39, 0.29) is 0 Å². The molecule has 0 aromatic carbocycles. The number of rotatable bonds is 17. The van der Waals surface area contributed by atoms with Gasteiger partial charge in [-0.2, -0.15) is 0 Å². The zero-order chi connectivity index (χ0) is 18.9. The zero-order valence-corrected chi connectivity index (χ0v) is 19.6. The summed E-state index contributed by atoms with van der Waals surface area (Å²) in [6, 6.07) is 1.38. The molecule has 156 valence electrons. The van der Waals surface area contributed by atoms with Crippen molar-refractivity contribution in [3.05, 3.63) is 0 Å². The fraction of sp³-hybridized carbons (Fsp3) is 1.00. The predicted octanol–water partition coefficient (Wildman–Crippen LogP) is 9.02. The van der Waals surface area contributed by atoms with Crippen LogP contribution in [0, 0.1) is 0 Å². The fourth-order valence-corrected chi connectivity index (χ4v) is 6.76. The molecule has 0 bridgehead atoms. The Bertz CT molecular complexity index is 303. The first kappa shape index (κ1) is 24.2. The SMILES string of the molecule is CCCCCCCCCCCCCCCCCCC1CCC[Si](C)(C)O1. The highest BCUT2D eigenvalue weighted by atomic mass is 28.4. The van der Waals surface area contributed by atoms with Gasteiger partial charge in [-0.3, -0.25) is 0 Å². The molecule has 26 heavy (non-hydrogen) atoms. The summed E-state index contributed by atoms with van der Waals surface area (Å²) >= 11 is 0. The smallest absolute Gasteiger partial charge is 0.187 e. The van der Waals surface area contributed by atoms with Crippen molar-refractivity contribution >= 4 is 8.32 Å². The van der Waals surface area contributed by atoms with E-state index in [2.05, 4.69) is 20.0 Å². The van der Waals surface area contributed by atoms with E-state index in [1.54, 1.807) is 0 Å². The average molecular weight is 383 g/mol. The van der Waals surface area contributed by atoms with E-state index in [1.807, 2.05) is 0 Å². The molecule has 0 amide bonds. The van der Waals surface area contributed by atoms with Crippen LogP contribution < -0.4 is 0 Å². The van der Waals surface area contributed by atoms with Crippen molar-refractivity contribution < 1.29 is 4.43 Å². The van der Waals surface area contributed by atoms with E-state index in [0.29, 0.717) is 6.10 Å². The highest BCUT2D eigenvalue weighted by Crippen LogP contribution is 2.28. The molecule has 2 heteroatoms. The summed E-state index contributed by atoms with van der Waals surface area (Å²) < 4.78 is 6.34. The summed E-state index contributed by atoms with van der Waals surface area (Å²) in [6.07, 6.45) is 28.0. The molecule has 1 unspecified atom stereocenters. The largest absolute Gasteiger partial charge is 0.414 e. The van der Waals surface area contributed by atoms with Crippen LogP contribution in [0.4, 0.5) is 0 Å². The maximum absolute atomic E-state index is 6.34. The average Bonchev–Trinajstić information content (AvgIpc) is 2.60. The lowest BCUT2D eigenvalue weighted by molar-refractivity contribution is 0.148. The maximum Gasteiger partial charge on any atom is 0.187 e. The molecule has 0 aromatic rings. The van der Waals surface area contributed by atoms with Crippen molar-refractivity contribution in [1.29, 1.82) is 0 Å². The maximum atomic E-state index is 6.34. The van der Waals surface area contributed by atoms with E-state index in [4.69, 9.17) is 4.43 Å². The van der Waals surface area contributed by atoms with Crippen LogP contribution >= 0.6 is 0 Å². The molecule has 1 nitrogen and oxygen atoms in total. The Labute approximate surface area is 167 Å². The molecule has 0 aliphatic carbocycles. The second kappa shape index (κ2) is 16.2. The Kier molecular flexibility index (Phi) is 15.1. The van der Waals surface area contributed by atoms with Gasteiger partial charge in [0.05, 0.1) is 0 Å². The summed E-state index contributed by atoms with van der Waals surface area (Å²) in [5.41, 5.74) is 0. The molecule has 0 spiro atoms. The van der Waals surface area contributed by atoms with Gasteiger partial charge < -0.3 is 4.43 Å². The van der Waals surface area contributed by atoms with Gasteiger partial charge in [-0.25, -0.2) is 0 Å². The fourth-order valence-electron chi connectivity index (χ4n) is 4.45. The Balaban J connectivity index is 1.73. The van der Waals surface area contributed by atoms with Crippen molar-refractivity contribution in [2.75, 3.05) is 0 Å². The second-order valence-electron chi connectivity index (χ2n) is 9.48. The van der Waals surface area contributed by atoms with Gasteiger partial charge in [0.1, 0.15) is 0 Å². The molecular weight excluding hydrogens is 332 g/mol. The first-order valence-corrected chi connectivity index (χ1v) is 15.4. The van der Waals surface area contributed by atoms with Crippen molar-refractivity contribution in [3.8, 4) is 0 Å². The van der Waals surface area contributed by atoms with Crippen LogP contribution in [0.25, 0.3) is 0 Å². The molecule has 0 aromatic heterocycles. The van der Waals surface area contributed by atoms with E-state index < -0.39 is 8.32 Å². The van der Waals surface area contributed by atoms with Gasteiger partial charge in [0.25, 0.3) is 0 Å². The highest BCUT2D eigenvalue weighted by Gasteiger charge is 2.30. The summed E-state index contributed by atoms with van der Waals surface area (Å²) in [5, 5.41) is 0. The van der Waals surface area contributed by atoms with Crippen molar-refractivity contribution in [3.63, 3.8) is 0 Å². The van der Waals surface area contributed by atoms with E-state index in [9.17, 15) is 0 Å². The molecule has 0 N–H and O–H groups in total. The molecule has 0 saturated carbocycles. The molecule has 1 aliphatic rings. The molecule has 1 heterocycles. The van der Waals surface area contributed by atoms with Crippen LogP contribution in [0.2, 0.25) is 19.1 Å². The van der Waals surface area contributed by atoms with Gasteiger partial charge in [-0.05, 0) is 32.0 Å². The van der Waals surface area contributed by atoms with Crippen LogP contribution in [0.3, 0.4) is 0 Å². The monoisotopic (exact) mass is 382 g/mol. The summed E-state index contributed by atoms with van der Waals surface area (Å²) in [4.78, 5) is 0. The number of unbranched alkanes of at least 4 members (excludes halogenated alkanes) is 15. The van der Waals surface area contributed by atoms with Crippen LogP contribution in [0.15, 0.2) is 0 Å². The first-order valence-electron chi connectivity index (χ1n) is 12.3. The molecule has 0 radical (unpaired) electrons. The minimum absolute atomic E-state index is 0.608. The molecule has 1 aliphatic heterocycles.